The van der Waals surface area contributed by atoms with Crippen molar-refractivity contribution in [3.8, 4) is 11.6 Å². The van der Waals surface area contributed by atoms with Gasteiger partial charge in [-0.25, -0.2) is 9.97 Å². The Labute approximate surface area is 181 Å². The van der Waals surface area contributed by atoms with Crippen molar-refractivity contribution in [1.29, 1.82) is 0 Å². The van der Waals surface area contributed by atoms with Crippen LogP contribution in [0, 0.1) is 0 Å². The summed E-state index contributed by atoms with van der Waals surface area (Å²) in [6.45, 7) is 6.13. The van der Waals surface area contributed by atoms with Crippen LogP contribution in [0.2, 0.25) is 0 Å². The number of pyridine rings is 1. The van der Waals surface area contributed by atoms with Crippen LogP contribution in [0.25, 0.3) is 0 Å². The van der Waals surface area contributed by atoms with E-state index in [1.165, 1.54) is 5.56 Å². The molecule has 0 aliphatic carbocycles. The molecule has 1 aromatic carbocycles. The van der Waals surface area contributed by atoms with Crippen molar-refractivity contribution in [3.63, 3.8) is 0 Å². The Kier molecular flexibility index (Phi) is 5.59. The highest BCUT2D eigenvalue weighted by Gasteiger charge is 2.24. The van der Waals surface area contributed by atoms with Gasteiger partial charge in [-0.3, -0.25) is 4.90 Å². The molecule has 1 N–H and O–H groups in total. The maximum absolute atomic E-state index is 10.0. The molecule has 162 valence electrons. The molecule has 31 heavy (non-hydrogen) atoms. The molecule has 3 aromatic rings. The van der Waals surface area contributed by atoms with E-state index in [4.69, 9.17) is 14.2 Å². The van der Waals surface area contributed by atoms with Gasteiger partial charge in [-0.15, -0.1) is 0 Å². The molecule has 0 bridgehead atoms. The highest BCUT2D eigenvalue weighted by atomic mass is 16.6. The maximum Gasteiger partial charge on any atom is 0.257 e. The zero-order valence-corrected chi connectivity index (χ0v) is 17.5. The molecule has 0 spiro atoms. The number of imidazole rings is 1. The highest BCUT2D eigenvalue weighted by molar-refractivity contribution is 5.36. The lowest BCUT2D eigenvalue weighted by molar-refractivity contribution is -0.101. The second kappa shape index (κ2) is 8.66. The molecule has 5 rings (SSSR count). The van der Waals surface area contributed by atoms with Crippen LogP contribution in [-0.4, -0.2) is 44.3 Å². The first-order valence-electron chi connectivity index (χ1n) is 10.6. The first-order valence-corrected chi connectivity index (χ1v) is 10.6. The molecule has 2 aliphatic rings. The van der Waals surface area contributed by atoms with Gasteiger partial charge in [0, 0.05) is 38.6 Å². The molecule has 2 atom stereocenters. The summed E-state index contributed by atoms with van der Waals surface area (Å²) in [6.07, 6.45) is 2.48. The van der Waals surface area contributed by atoms with Crippen molar-refractivity contribution < 1.29 is 19.3 Å². The lowest BCUT2D eigenvalue weighted by Crippen LogP contribution is -2.33. The normalized spacial score (nSPS) is 19.1. The Morgan fingerprint density at radius 1 is 1.23 bits per heavy atom. The van der Waals surface area contributed by atoms with Gasteiger partial charge >= 0.3 is 0 Å². The second-order valence-electron chi connectivity index (χ2n) is 7.76. The average molecular weight is 422 g/mol. The molecule has 2 unspecified atom stereocenters. The molecule has 8 nitrogen and oxygen atoms in total. The third-order valence-electron chi connectivity index (χ3n) is 5.62. The SMILES string of the molecule is CCOC(O)c1cn2c(n1)CN(Cc1ccc(C3COc4cccnc4O3)cc1)CC2. The van der Waals surface area contributed by atoms with E-state index in [2.05, 4.69) is 43.7 Å². The van der Waals surface area contributed by atoms with Gasteiger partial charge in [0.1, 0.15) is 18.1 Å². The summed E-state index contributed by atoms with van der Waals surface area (Å²) in [6, 6.07) is 12.2. The zero-order valence-electron chi connectivity index (χ0n) is 17.5. The number of aliphatic hydroxyl groups is 1. The van der Waals surface area contributed by atoms with Gasteiger partial charge in [-0.1, -0.05) is 24.3 Å². The number of nitrogens with zero attached hydrogens (tertiary/aromatic N) is 4. The highest BCUT2D eigenvalue weighted by Crippen LogP contribution is 2.34. The van der Waals surface area contributed by atoms with Gasteiger partial charge in [0.15, 0.2) is 18.1 Å². The summed E-state index contributed by atoms with van der Waals surface area (Å²) < 4.78 is 19.1. The van der Waals surface area contributed by atoms with Crippen LogP contribution in [0.3, 0.4) is 0 Å². The van der Waals surface area contributed by atoms with Gasteiger partial charge in [-0.05, 0) is 30.2 Å². The summed E-state index contributed by atoms with van der Waals surface area (Å²) in [5.74, 6) is 2.19. The molecular formula is C23H26N4O4. The first-order chi connectivity index (χ1) is 15.2. The van der Waals surface area contributed by atoms with E-state index in [1.54, 1.807) is 6.20 Å². The molecule has 0 saturated carbocycles. The smallest absolute Gasteiger partial charge is 0.257 e. The Bertz CT molecular complexity index is 1040. The van der Waals surface area contributed by atoms with Crippen molar-refractivity contribution in [2.24, 2.45) is 0 Å². The Balaban J connectivity index is 1.21. The summed E-state index contributed by atoms with van der Waals surface area (Å²) in [5.41, 5.74) is 2.88. The van der Waals surface area contributed by atoms with Crippen LogP contribution < -0.4 is 9.47 Å². The van der Waals surface area contributed by atoms with E-state index in [0.717, 1.165) is 37.6 Å². The Hall–Kier alpha value is -2.94. The standard InChI is InChI=1S/C23H26N4O4/c1-2-29-23(28)18-13-27-11-10-26(14-21(27)25-18)12-16-5-7-17(8-6-16)20-15-30-19-4-3-9-24-22(19)31-20/h3-9,13,20,23,28H,2,10-12,14-15H2,1H3. The molecule has 0 saturated heterocycles. The maximum atomic E-state index is 10.0. The van der Waals surface area contributed by atoms with Crippen LogP contribution in [0.4, 0.5) is 0 Å². The molecule has 2 aromatic heterocycles. The van der Waals surface area contributed by atoms with E-state index >= 15 is 0 Å². The number of benzene rings is 1. The predicted octanol–water partition coefficient (Wildman–Crippen LogP) is 2.83. The number of ether oxygens (including phenoxy) is 3. The van der Waals surface area contributed by atoms with Gasteiger partial charge in [0.05, 0.1) is 6.54 Å². The van der Waals surface area contributed by atoms with Crippen molar-refractivity contribution in [3.05, 3.63) is 71.4 Å². The summed E-state index contributed by atoms with van der Waals surface area (Å²) in [4.78, 5) is 11.2. The summed E-state index contributed by atoms with van der Waals surface area (Å²) in [5, 5.41) is 10.0. The molecule has 8 heteroatoms. The van der Waals surface area contributed by atoms with Crippen molar-refractivity contribution >= 4 is 0 Å². The van der Waals surface area contributed by atoms with Crippen LogP contribution in [0.15, 0.2) is 48.8 Å². The molecule has 2 aliphatic heterocycles. The van der Waals surface area contributed by atoms with Crippen molar-refractivity contribution in [2.45, 2.75) is 39.0 Å². The van der Waals surface area contributed by atoms with Crippen LogP contribution in [0.1, 0.15) is 42.0 Å². The fourth-order valence-corrected chi connectivity index (χ4v) is 3.99. The topological polar surface area (TPSA) is 81.9 Å². The largest absolute Gasteiger partial charge is 0.484 e. The lowest BCUT2D eigenvalue weighted by atomic mass is 10.1. The second-order valence-corrected chi connectivity index (χ2v) is 7.76. The number of aliphatic hydroxyl groups excluding tert-OH is 1. The molecule has 0 fully saturated rings. The van der Waals surface area contributed by atoms with Crippen molar-refractivity contribution in [2.75, 3.05) is 19.8 Å². The van der Waals surface area contributed by atoms with E-state index in [1.807, 2.05) is 25.3 Å². The minimum absolute atomic E-state index is 0.158. The minimum atomic E-state index is -0.961. The van der Waals surface area contributed by atoms with E-state index < -0.39 is 6.29 Å². The van der Waals surface area contributed by atoms with Crippen LogP contribution in [0.5, 0.6) is 11.6 Å². The van der Waals surface area contributed by atoms with Crippen LogP contribution in [-0.2, 0) is 24.4 Å². The first kappa shape index (κ1) is 20.0. The lowest BCUT2D eigenvalue weighted by Gasteiger charge is -2.28. The molecule has 0 radical (unpaired) electrons. The monoisotopic (exact) mass is 422 g/mol. The van der Waals surface area contributed by atoms with Gasteiger partial charge in [0.2, 0.25) is 0 Å². The Morgan fingerprint density at radius 3 is 2.94 bits per heavy atom. The van der Waals surface area contributed by atoms with Crippen LogP contribution >= 0.6 is 0 Å². The van der Waals surface area contributed by atoms with Gasteiger partial charge in [0.25, 0.3) is 5.88 Å². The van der Waals surface area contributed by atoms with E-state index in [9.17, 15) is 5.11 Å². The number of hydrogen-bond donors (Lipinski definition) is 1. The third kappa shape index (κ3) is 4.27. The fourth-order valence-electron chi connectivity index (χ4n) is 3.99. The predicted molar refractivity (Wildman–Crippen MR) is 112 cm³/mol. The number of hydrogen-bond acceptors (Lipinski definition) is 7. The van der Waals surface area contributed by atoms with E-state index in [-0.39, 0.29) is 6.10 Å². The molecule has 0 amide bonds. The fraction of sp³-hybridized carbons (Fsp3) is 0.391. The number of rotatable bonds is 6. The van der Waals surface area contributed by atoms with Gasteiger partial charge in [-0.2, -0.15) is 0 Å². The molecule has 4 heterocycles. The van der Waals surface area contributed by atoms with Crippen molar-refractivity contribution in [1.82, 2.24) is 19.4 Å². The minimum Gasteiger partial charge on any atom is -0.484 e. The number of aromatic nitrogens is 3. The Morgan fingerprint density at radius 2 is 2.10 bits per heavy atom. The third-order valence-corrected chi connectivity index (χ3v) is 5.62. The summed E-state index contributed by atoms with van der Waals surface area (Å²) in [7, 11) is 0. The van der Waals surface area contributed by atoms with Gasteiger partial charge < -0.3 is 23.9 Å². The quantitative estimate of drug-likeness (QED) is 0.612. The summed E-state index contributed by atoms with van der Waals surface area (Å²) >= 11 is 0. The van der Waals surface area contributed by atoms with E-state index in [0.29, 0.717) is 30.5 Å². The average Bonchev–Trinajstić information content (AvgIpc) is 3.23. The molecular weight excluding hydrogens is 396 g/mol. The number of fused-ring (bicyclic) bond motifs is 2. The zero-order chi connectivity index (χ0) is 21.2.